The second-order valence-electron chi connectivity index (χ2n) is 9.88. The molecule has 2 aliphatic rings. The van der Waals surface area contributed by atoms with E-state index in [4.69, 9.17) is 0 Å². The first kappa shape index (κ1) is 23.7. The maximum atomic E-state index is 13.8. The Balaban J connectivity index is 1.34. The summed E-state index contributed by atoms with van der Waals surface area (Å²) in [4.78, 5) is 31.2. The van der Waals surface area contributed by atoms with Crippen LogP contribution in [0.5, 0.6) is 0 Å². The van der Waals surface area contributed by atoms with E-state index in [9.17, 15) is 9.59 Å². The minimum Gasteiger partial charge on any atom is -0.360 e. The fourth-order valence-corrected chi connectivity index (χ4v) is 5.58. The number of carbonyl (C=O) groups is 2. The van der Waals surface area contributed by atoms with Gasteiger partial charge in [-0.25, -0.2) is 0 Å². The number of hydrogen-bond donors (Lipinski definition) is 2. The van der Waals surface area contributed by atoms with Crippen LogP contribution in [-0.2, 0) is 0 Å². The van der Waals surface area contributed by atoms with E-state index in [2.05, 4.69) is 16.7 Å². The van der Waals surface area contributed by atoms with Gasteiger partial charge in [-0.05, 0) is 65.7 Å². The van der Waals surface area contributed by atoms with Crippen molar-refractivity contribution < 1.29 is 9.59 Å². The number of nitrogens with zero attached hydrogens (tertiary/aromatic N) is 2. The Labute approximate surface area is 232 Å². The Kier molecular flexibility index (Phi) is 5.78. The van der Waals surface area contributed by atoms with Gasteiger partial charge in [-0.2, -0.15) is 0 Å². The zero-order valence-corrected chi connectivity index (χ0v) is 21.6. The molecule has 194 valence electrons. The molecule has 7 rings (SSSR count). The van der Waals surface area contributed by atoms with Crippen LogP contribution in [0.1, 0.15) is 44.2 Å². The maximum absolute atomic E-state index is 13.8. The predicted octanol–water partition coefficient (Wildman–Crippen LogP) is 7.23. The number of fused-ring (bicyclic) bond motifs is 2. The van der Waals surface area contributed by atoms with Crippen molar-refractivity contribution in [2.45, 2.75) is 12.3 Å². The number of rotatable bonds is 4. The number of benzene rings is 5. The fraction of sp³-hybridized carbons (Fsp3) is 0.0588. The van der Waals surface area contributed by atoms with Crippen molar-refractivity contribution in [1.29, 1.82) is 0 Å². The summed E-state index contributed by atoms with van der Waals surface area (Å²) in [5, 5.41) is 7.19. The molecule has 2 amide bonds. The molecule has 2 heterocycles. The molecule has 5 aromatic carbocycles. The molecular weight excluding hydrogens is 496 g/mol. The number of carbonyl (C=O) groups excluding carboxylic acids is 2. The van der Waals surface area contributed by atoms with Crippen LogP contribution in [0.4, 0.5) is 22.7 Å². The van der Waals surface area contributed by atoms with Gasteiger partial charge in [0.05, 0.1) is 11.1 Å². The average Bonchev–Trinajstić information content (AvgIpc) is 3.02. The molecule has 0 radical (unpaired) electrons. The highest BCUT2D eigenvalue weighted by molar-refractivity contribution is 6.13. The zero-order chi connectivity index (χ0) is 27.1. The van der Waals surface area contributed by atoms with Crippen molar-refractivity contribution in [3.63, 3.8) is 0 Å². The van der Waals surface area contributed by atoms with Crippen LogP contribution in [-0.4, -0.2) is 11.8 Å². The lowest BCUT2D eigenvalue weighted by Gasteiger charge is -2.40. The van der Waals surface area contributed by atoms with Gasteiger partial charge < -0.3 is 10.6 Å². The minimum absolute atomic E-state index is 0.0678. The molecule has 0 saturated heterocycles. The lowest BCUT2D eigenvalue weighted by atomic mass is 9.98. The van der Waals surface area contributed by atoms with Crippen LogP contribution in [0.3, 0.4) is 0 Å². The van der Waals surface area contributed by atoms with Crippen molar-refractivity contribution in [2.24, 2.45) is 0 Å². The molecule has 2 atom stereocenters. The summed E-state index contributed by atoms with van der Waals surface area (Å²) in [7, 11) is 0. The minimum atomic E-state index is -0.443. The topological polar surface area (TPSA) is 64.7 Å². The van der Waals surface area contributed by atoms with Gasteiger partial charge >= 0.3 is 0 Å². The third-order valence-corrected chi connectivity index (χ3v) is 7.46. The number of amides is 2. The van der Waals surface area contributed by atoms with Crippen molar-refractivity contribution in [3.05, 3.63) is 156 Å². The number of para-hydroxylation sites is 4. The fourth-order valence-electron chi connectivity index (χ4n) is 5.58. The zero-order valence-electron chi connectivity index (χ0n) is 21.6. The molecule has 0 aromatic heterocycles. The first-order valence-corrected chi connectivity index (χ1v) is 13.3. The molecule has 2 aliphatic heterocycles. The standard InChI is InChI=1S/C34H26N4O2/c39-33-27-18-7-9-20-29(27)35-31(37(33)25-14-3-1-4-15-25)23-12-11-13-24(22-23)32-36-30-21-10-8-19-28(30)34(40)38(32)26-16-5-2-6-17-26/h1-22,31-32,35-36H. The van der Waals surface area contributed by atoms with E-state index in [-0.39, 0.29) is 11.8 Å². The van der Waals surface area contributed by atoms with E-state index >= 15 is 0 Å². The predicted molar refractivity (Wildman–Crippen MR) is 159 cm³/mol. The number of nitrogens with one attached hydrogen (secondary N) is 2. The molecule has 6 nitrogen and oxygen atoms in total. The highest BCUT2D eigenvalue weighted by Gasteiger charge is 2.37. The van der Waals surface area contributed by atoms with Gasteiger partial charge in [-0.3, -0.25) is 19.4 Å². The molecule has 2 unspecified atom stereocenters. The maximum Gasteiger partial charge on any atom is 0.262 e. The second kappa shape index (κ2) is 9.75. The van der Waals surface area contributed by atoms with Crippen LogP contribution in [0.2, 0.25) is 0 Å². The normalized spacial score (nSPS) is 17.9. The Hall–Kier alpha value is -5.36. The SMILES string of the molecule is O=C1c2ccccc2NC(c2cccc(C3Nc4ccccc4C(=O)N3c3ccccc3)c2)N1c1ccccc1. The Bertz CT molecular complexity index is 1600. The lowest BCUT2D eigenvalue weighted by molar-refractivity contribution is 0.0967. The van der Waals surface area contributed by atoms with Gasteiger partial charge in [0.25, 0.3) is 11.8 Å². The quantitative estimate of drug-likeness (QED) is 0.261. The van der Waals surface area contributed by atoms with E-state index in [1.165, 1.54) is 0 Å². The smallest absolute Gasteiger partial charge is 0.262 e. The molecule has 0 bridgehead atoms. The molecular formula is C34H26N4O2. The summed E-state index contributed by atoms with van der Waals surface area (Å²) < 4.78 is 0. The molecule has 0 saturated carbocycles. The summed E-state index contributed by atoms with van der Waals surface area (Å²) in [6, 6.07) is 42.7. The number of hydrogen-bond acceptors (Lipinski definition) is 4. The van der Waals surface area contributed by atoms with Gasteiger partial charge in [0.1, 0.15) is 12.3 Å². The Morgan fingerprint density at radius 2 is 0.850 bits per heavy atom. The van der Waals surface area contributed by atoms with E-state index < -0.39 is 12.3 Å². The lowest BCUT2D eigenvalue weighted by Crippen LogP contribution is -2.44. The molecule has 2 N–H and O–H groups in total. The summed E-state index contributed by atoms with van der Waals surface area (Å²) in [5.41, 5.74) is 6.26. The summed E-state index contributed by atoms with van der Waals surface area (Å²) in [6.07, 6.45) is -0.886. The summed E-state index contributed by atoms with van der Waals surface area (Å²) in [5.74, 6) is -0.136. The van der Waals surface area contributed by atoms with Gasteiger partial charge in [-0.1, -0.05) is 78.9 Å². The van der Waals surface area contributed by atoms with Crippen molar-refractivity contribution in [2.75, 3.05) is 20.4 Å². The molecule has 40 heavy (non-hydrogen) atoms. The van der Waals surface area contributed by atoms with Gasteiger partial charge in [0, 0.05) is 22.7 Å². The summed E-state index contributed by atoms with van der Waals surface area (Å²) >= 11 is 0. The molecule has 0 fully saturated rings. The van der Waals surface area contributed by atoms with Crippen LogP contribution < -0.4 is 20.4 Å². The van der Waals surface area contributed by atoms with Crippen LogP contribution in [0, 0.1) is 0 Å². The van der Waals surface area contributed by atoms with Crippen molar-refractivity contribution in [1.82, 2.24) is 0 Å². The van der Waals surface area contributed by atoms with Gasteiger partial charge in [-0.15, -0.1) is 0 Å². The van der Waals surface area contributed by atoms with E-state index in [1.54, 1.807) is 9.80 Å². The first-order chi connectivity index (χ1) is 19.7. The molecule has 6 heteroatoms. The first-order valence-electron chi connectivity index (χ1n) is 13.3. The Morgan fingerprint density at radius 1 is 0.450 bits per heavy atom. The highest BCUT2D eigenvalue weighted by atomic mass is 16.2. The van der Waals surface area contributed by atoms with Crippen molar-refractivity contribution in [3.8, 4) is 0 Å². The average molecular weight is 523 g/mol. The monoisotopic (exact) mass is 522 g/mol. The molecule has 0 spiro atoms. The number of anilines is 4. The van der Waals surface area contributed by atoms with Crippen LogP contribution in [0.15, 0.2) is 133 Å². The molecule has 5 aromatic rings. The van der Waals surface area contributed by atoms with Gasteiger partial charge in [0.15, 0.2) is 0 Å². The van der Waals surface area contributed by atoms with Crippen LogP contribution >= 0.6 is 0 Å². The van der Waals surface area contributed by atoms with E-state index in [0.717, 1.165) is 33.9 Å². The second-order valence-corrected chi connectivity index (χ2v) is 9.88. The third-order valence-electron chi connectivity index (χ3n) is 7.46. The van der Waals surface area contributed by atoms with Gasteiger partial charge in [0.2, 0.25) is 0 Å². The largest absolute Gasteiger partial charge is 0.360 e. The third kappa shape index (κ3) is 3.98. The van der Waals surface area contributed by atoms with E-state index in [1.807, 2.05) is 127 Å². The molecule has 0 aliphatic carbocycles. The highest BCUT2D eigenvalue weighted by Crippen LogP contribution is 2.40. The van der Waals surface area contributed by atoms with Crippen molar-refractivity contribution >= 4 is 34.6 Å². The van der Waals surface area contributed by atoms with Crippen LogP contribution in [0.25, 0.3) is 0 Å². The summed E-state index contributed by atoms with van der Waals surface area (Å²) in [6.45, 7) is 0. The van der Waals surface area contributed by atoms with E-state index in [0.29, 0.717) is 11.1 Å². The Morgan fingerprint density at radius 3 is 1.30 bits per heavy atom.